The molecule has 1 aliphatic rings. The van der Waals surface area contributed by atoms with E-state index in [1.807, 2.05) is 24.3 Å². The predicted octanol–water partition coefficient (Wildman–Crippen LogP) is 1.91. The van der Waals surface area contributed by atoms with Gasteiger partial charge in [-0.3, -0.25) is 9.69 Å². The minimum atomic E-state index is 0.0528. The van der Waals surface area contributed by atoms with Crippen LogP contribution >= 0.6 is 0 Å². The van der Waals surface area contributed by atoms with Crippen LogP contribution in [0.2, 0.25) is 0 Å². The lowest BCUT2D eigenvalue weighted by Gasteiger charge is -2.20. The van der Waals surface area contributed by atoms with E-state index in [0.717, 1.165) is 26.2 Å². The molecule has 0 amide bonds. The lowest BCUT2D eigenvalue weighted by atomic mass is 10.1. The Labute approximate surface area is 121 Å². The highest BCUT2D eigenvalue weighted by molar-refractivity contribution is 5.96. The molecule has 0 N–H and O–H groups in total. The van der Waals surface area contributed by atoms with Gasteiger partial charge in [-0.05, 0) is 45.6 Å². The van der Waals surface area contributed by atoms with Crippen molar-refractivity contribution in [1.82, 2.24) is 9.80 Å². The fourth-order valence-corrected chi connectivity index (χ4v) is 2.49. The van der Waals surface area contributed by atoms with Crippen LogP contribution in [0.25, 0.3) is 0 Å². The molecule has 1 aromatic rings. The van der Waals surface area contributed by atoms with Crippen LogP contribution in [0.15, 0.2) is 24.3 Å². The van der Waals surface area contributed by atoms with Gasteiger partial charge >= 0.3 is 0 Å². The van der Waals surface area contributed by atoms with Crippen LogP contribution in [0.5, 0.6) is 5.75 Å². The maximum absolute atomic E-state index is 11.5. The SMILES string of the molecule is CC(=O)c1ccccc1OCCN1CCCN(C)CC1. The Morgan fingerprint density at radius 2 is 2.00 bits per heavy atom. The Hall–Kier alpha value is -1.39. The van der Waals surface area contributed by atoms with Crippen molar-refractivity contribution in [3.63, 3.8) is 0 Å². The summed E-state index contributed by atoms with van der Waals surface area (Å²) in [6, 6.07) is 7.46. The van der Waals surface area contributed by atoms with E-state index in [9.17, 15) is 4.79 Å². The summed E-state index contributed by atoms with van der Waals surface area (Å²) in [4.78, 5) is 16.3. The second kappa shape index (κ2) is 7.41. The largest absolute Gasteiger partial charge is 0.491 e. The van der Waals surface area contributed by atoms with Gasteiger partial charge in [-0.1, -0.05) is 12.1 Å². The topological polar surface area (TPSA) is 32.8 Å². The Balaban J connectivity index is 1.82. The lowest BCUT2D eigenvalue weighted by Crippen LogP contribution is -2.32. The van der Waals surface area contributed by atoms with Gasteiger partial charge in [0, 0.05) is 19.6 Å². The number of rotatable bonds is 5. The van der Waals surface area contributed by atoms with Gasteiger partial charge < -0.3 is 9.64 Å². The molecule has 4 heteroatoms. The molecule has 0 aliphatic carbocycles. The quantitative estimate of drug-likeness (QED) is 0.769. The molecule has 20 heavy (non-hydrogen) atoms. The zero-order valence-corrected chi connectivity index (χ0v) is 12.5. The number of carbonyl (C=O) groups excluding carboxylic acids is 1. The van der Waals surface area contributed by atoms with Crippen molar-refractivity contribution in [2.75, 3.05) is 46.4 Å². The molecule has 2 rings (SSSR count). The minimum Gasteiger partial charge on any atom is -0.491 e. The minimum absolute atomic E-state index is 0.0528. The van der Waals surface area contributed by atoms with E-state index in [-0.39, 0.29) is 5.78 Å². The number of ether oxygens (including phenoxy) is 1. The summed E-state index contributed by atoms with van der Waals surface area (Å²) >= 11 is 0. The molecule has 1 heterocycles. The number of hydrogen-bond acceptors (Lipinski definition) is 4. The van der Waals surface area contributed by atoms with Gasteiger partial charge in [0.2, 0.25) is 0 Å². The maximum Gasteiger partial charge on any atom is 0.163 e. The molecular formula is C16H24N2O2. The maximum atomic E-state index is 11.5. The van der Waals surface area contributed by atoms with Crippen molar-refractivity contribution < 1.29 is 9.53 Å². The van der Waals surface area contributed by atoms with Crippen LogP contribution in [0, 0.1) is 0 Å². The summed E-state index contributed by atoms with van der Waals surface area (Å²) in [5, 5.41) is 0. The standard InChI is InChI=1S/C16H24N2O2/c1-14(19)15-6-3-4-7-16(15)20-13-12-18-9-5-8-17(2)10-11-18/h3-4,6-7H,5,8-13H2,1-2H3. The number of Topliss-reactive ketones (excluding diaryl/α,β-unsaturated/α-hetero) is 1. The van der Waals surface area contributed by atoms with E-state index in [1.54, 1.807) is 6.92 Å². The fourth-order valence-electron chi connectivity index (χ4n) is 2.49. The normalized spacial score (nSPS) is 17.7. The second-order valence-electron chi connectivity index (χ2n) is 5.40. The molecule has 4 nitrogen and oxygen atoms in total. The average molecular weight is 276 g/mol. The Bertz CT molecular complexity index is 448. The van der Waals surface area contributed by atoms with E-state index in [1.165, 1.54) is 13.0 Å². The molecule has 0 spiro atoms. The first-order valence-corrected chi connectivity index (χ1v) is 7.30. The molecule has 110 valence electrons. The average Bonchev–Trinajstić information content (AvgIpc) is 2.64. The first kappa shape index (κ1) is 15.0. The monoisotopic (exact) mass is 276 g/mol. The first-order chi connectivity index (χ1) is 9.66. The van der Waals surface area contributed by atoms with E-state index < -0.39 is 0 Å². The molecule has 1 saturated heterocycles. The molecule has 1 aromatic carbocycles. The highest BCUT2D eigenvalue weighted by Crippen LogP contribution is 2.18. The van der Waals surface area contributed by atoms with Crippen LogP contribution < -0.4 is 4.74 Å². The zero-order chi connectivity index (χ0) is 14.4. The first-order valence-electron chi connectivity index (χ1n) is 7.30. The van der Waals surface area contributed by atoms with Gasteiger partial charge in [0.1, 0.15) is 12.4 Å². The van der Waals surface area contributed by atoms with Crippen molar-refractivity contribution in [3.05, 3.63) is 29.8 Å². The number of nitrogens with zero attached hydrogens (tertiary/aromatic N) is 2. The second-order valence-corrected chi connectivity index (χ2v) is 5.40. The molecule has 0 saturated carbocycles. The third-order valence-corrected chi connectivity index (χ3v) is 3.74. The Morgan fingerprint density at radius 3 is 2.80 bits per heavy atom. The van der Waals surface area contributed by atoms with Gasteiger partial charge in [-0.2, -0.15) is 0 Å². The summed E-state index contributed by atoms with van der Waals surface area (Å²) in [5.41, 5.74) is 0.670. The highest BCUT2D eigenvalue weighted by Gasteiger charge is 2.12. The number of carbonyl (C=O) groups is 1. The lowest BCUT2D eigenvalue weighted by molar-refractivity contribution is 0.101. The van der Waals surface area contributed by atoms with Crippen LogP contribution in [0.4, 0.5) is 0 Å². The van der Waals surface area contributed by atoms with Crippen molar-refractivity contribution in [3.8, 4) is 5.75 Å². The Morgan fingerprint density at radius 1 is 1.20 bits per heavy atom. The van der Waals surface area contributed by atoms with Gasteiger partial charge in [-0.25, -0.2) is 0 Å². The van der Waals surface area contributed by atoms with Crippen molar-refractivity contribution in [2.45, 2.75) is 13.3 Å². The van der Waals surface area contributed by atoms with Gasteiger partial charge in [0.05, 0.1) is 5.56 Å². The van der Waals surface area contributed by atoms with Gasteiger partial charge in [-0.15, -0.1) is 0 Å². The molecular weight excluding hydrogens is 252 g/mol. The molecule has 0 aromatic heterocycles. The summed E-state index contributed by atoms with van der Waals surface area (Å²) in [5.74, 6) is 0.754. The van der Waals surface area contributed by atoms with E-state index in [2.05, 4.69) is 16.8 Å². The predicted molar refractivity (Wildman–Crippen MR) is 80.5 cm³/mol. The molecule has 0 radical (unpaired) electrons. The van der Waals surface area contributed by atoms with Gasteiger partial charge in [0.25, 0.3) is 0 Å². The van der Waals surface area contributed by atoms with Crippen LogP contribution in [-0.2, 0) is 0 Å². The van der Waals surface area contributed by atoms with E-state index >= 15 is 0 Å². The smallest absolute Gasteiger partial charge is 0.163 e. The summed E-state index contributed by atoms with van der Waals surface area (Å²) in [6.07, 6.45) is 1.21. The zero-order valence-electron chi connectivity index (χ0n) is 12.5. The number of likely N-dealkylation sites (N-methyl/N-ethyl adjacent to an activating group) is 1. The van der Waals surface area contributed by atoms with Crippen molar-refractivity contribution >= 4 is 5.78 Å². The Kier molecular flexibility index (Phi) is 5.56. The van der Waals surface area contributed by atoms with Crippen LogP contribution in [-0.4, -0.2) is 62.0 Å². The number of hydrogen-bond donors (Lipinski definition) is 0. The summed E-state index contributed by atoms with van der Waals surface area (Å²) in [6.45, 7) is 7.63. The summed E-state index contributed by atoms with van der Waals surface area (Å²) < 4.78 is 5.79. The molecule has 0 atom stereocenters. The molecule has 1 fully saturated rings. The van der Waals surface area contributed by atoms with E-state index in [0.29, 0.717) is 17.9 Å². The highest BCUT2D eigenvalue weighted by atomic mass is 16.5. The fraction of sp³-hybridized carbons (Fsp3) is 0.562. The van der Waals surface area contributed by atoms with Crippen molar-refractivity contribution in [2.24, 2.45) is 0 Å². The van der Waals surface area contributed by atoms with Crippen LogP contribution in [0.3, 0.4) is 0 Å². The third-order valence-electron chi connectivity index (χ3n) is 3.74. The van der Waals surface area contributed by atoms with Crippen LogP contribution in [0.1, 0.15) is 23.7 Å². The molecule has 0 bridgehead atoms. The number of para-hydroxylation sites is 1. The number of ketones is 1. The van der Waals surface area contributed by atoms with E-state index in [4.69, 9.17) is 4.74 Å². The van der Waals surface area contributed by atoms with Gasteiger partial charge in [0.15, 0.2) is 5.78 Å². The molecule has 1 aliphatic heterocycles. The third kappa shape index (κ3) is 4.32. The van der Waals surface area contributed by atoms with Crippen molar-refractivity contribution in [1.29, 1.82) is 0 Å². The number of benzene rings is 1. The summed E-state index contributed by atoms with van der Waals surface area (Å²) in [7, 11) is 2.17. The molecule has 0 unspecified atom stereocenters.